The Balaban J connectivity index is 0.000000758. The second-order valence-corrected chi connectivity index (χ2v) is 6.51. The van der Waals surface area contributed by atoms with Crippen LogP contribution in [0.1, 0.15) is 71.6 Å². The van der Waals surface area contributed by atoms with E-state index in [1.807, 2.05) is 0 Å². The van der Waals surface area contributed by atoms with Gasteiger partial charge in [-0.05, 0) is 51.6 Å². The van der Waals surface area contributed by atoms with E-state index in [-0.39, 0.29) is 0 Å². The summed E-state index contributed by atoms with van der Waals surface area (Å²) in [6, 6.07) is 0.854. The van der Waals surface area contributed by atoms with Gasteiger partial charge in [0.2, 0.25) is 0 Å². The molecule has 1 N–H and O–H groups in total. The summed E-state index contributed by atoms with van der Waals surface area (Å²) in [6.45, 7) is 7.10. The number of hydrogen-bond donors (Lipinski definition) is 1. The van der Waals surface area contributed by atoms with Crippen molar-refractivity contribution in [2.24, 2.45) is 0 Å². The molecule has 3 nitrogen and oxygen atoms in total. The van der Waals surface area contributed by atoms with E-state index >= 15 is 0 Å². The normalized spacial score (nSPS) is 18.4. The monoisotopic (exact) mass is 377 g/mol. The molecule has 0 aromatic carbocycles. The molecule has 1 rings (SSSR count). The van der Waals surface area contributed by atoms with E-state index in [4.69, 9.17) is 9.90 Å². The van der Waals surface area contributed by atoms with Gasteiger partial charge in [0.15, 0.2) is 0 Å². The Bertz CT molecular complexity index is 420. The van der Waals surface area contributed by atoms with Crippen LogP contribution in [0.15, 0.2) is 24.3 Å². The number of carbonyl (C=O) groups is 1. The van der Waals surface area contributed by atoms with E-state index in [1.165, 1.54) is 70.9 Å². The molecule has 0 amide bonds. The number of carboxylic acid groups (broad SMARTS) is 1. The summed E-state index contributed by atoms with van der Waals surface area (Å²) in [5.41, 5.74) is 0. The minimum absolute atomic E-state index is 0.854. The minimum atomic E-state index is -5.08. The highest BCUT2D eigenvalue weighted by molar-refractivity contribution is 5.73. The fourth-order valence-corrected chi connectivity index (χ4v) is 2.97. The highest BCUT2D eigenvalue weighted by atomic mass is 19.4. The first-order chi connectivity index (χ1) is 12.3. The zero-order chi connectivity index (χ0) is 19.8. The Kier molecular flexibility index (Phi) is 14.1. The number of allylic oxidation sites excluding steroid dienone is 4. The van der Waals surface area contributed by atoms with E-state index in [2.05, 4.69) is 43.1 Å². The van der Waals surface area contributed by atoms with Crippen molar-refractivity contribution in [1.82, 2.24) is 4.90 Å². The van der Waals surface area contributed by atoms with Crippen LogP contribution < -0.4 is 0 Å². The predicted octanol–water partition coefficient (Wildman–Crippen LogP) is 5.97. The lowest BCUT2D eigenvalue weighted by Gasteiger charge is -2.21. The molecule has 0 aliphatic carbocycles. The number of halogens is 3. The second-order valence-electron chi connectivity index (χ2n) is 6.51. The fourth-order valence-electron chi connectivity index (χ4n) is 2.97. The summed E-state index contributed by atoms with van der Waals surface area (Å²) in [5.74, 6) is -2.76. The third-order valence-corrected chi connectivity index (χ3v) is 4.42. The maximum atomic E-state index is 10.6. The molecular weight excluding hydrogens is 343 g/mol. The summed E-state index contributed by atoms with van der Waals surface area (Å²) in [7, 11) is 0. The molecule has 152 valence electrons. The molecule has 1 atom stereocenters. The third-order valence-electron chi connectivity index (χ3n) is 4.42. The maximum absolute atomic E-state index is 10.6. The van der Waals surface area contributed by atoms with Crippen LogP contribution in [0.25, 0.3) is 0 Å². The summed E-state index contributed by atoms with van der Waals surface area (Å²) in [6.07, 6.45) is 16.2. The van der Waals surface area contributed by atoms with Gasteiger partial charge >= 0.3 is 12.1 Å². The average Bonchev–Trinajstić information content (AvgIpc) is 3.03. The quantitative estimate of drug-likeness (QED) is 0.377. The van der Waals surface area contributed by atoms with Crippen LogP contribution in [0.5, 0.6) is 0 Å². The Labute approximate surface area is 156 Å². The van der Waals surface area contributed by atoms with Crippen LogP contribution in [0.4, 0.5) is 13.2 Å². The molecule has 26 heavy (non-hydrogen) atoms. The first-order valence-electron chi connectivity index (χ1n) is 9.68. The van der Waals surface area contributed by atoms with Gasteiger partial charge in [-0.2, -0.15) is 13.2 Å². The third kappa shape index (κ3) is 13.0. The van der Waals surface area contributed by atoms with E-state index < -0.39 is 12.1 Å². The lowest BCUT2D eigenvalue weighted by Crippen LogP contribution is -2.28. The van der Waals surface area contributed by atoms with Gasteiger partial charge in [0, 0.05) is 6.04 Å². The number of unbranched alkanes of at least 4 members (excludes halogenated alkanes) is 4. The SMILES string of the molecule is CCCCCC/C=C/C=C/CC[C@H]1CCCN1CC.O=C(O)C(F)(F)F. The van der Waals surface area contributed by atoms with Crippen LogP contribution in [-0.2, 0) is 4.79 Å². The molecule has 1 saturated heterocycles. The van der Waals surface area contributed by atoms with Crippen LogP contribution in [0.2, 0.25) is 0 Å². The summed E-state index contributed by atoms with van der Waals surface area (Å²) >= 11 is 0. The topological polar surface area (TPSA) is 40.5 Å². The molecule has 0 saturated carbocycles. The van der Waals surface area contributed by atoms with Crippen molar-refractivity contribution in [3.8, 4) is 0 Å². The van der Waals surface area contributed by atoms with Crippen molar-refractivity contribution in [1.29, 1.82) is 0 Å². The van der Waals surface area contributed by atoms with E-state index in [0.29, 0.717) is 0 Å². The van der Waals surface area contributed by atoms with Crippen molar-refractivity contribution < 1.29 is 23.1 Å². The number of alkyl halides is 3. The predicted molar refractivity (Wildman–Crippen MR) is 100 cm³/mol. The van der Waals surface area contributed by atoms with Crippen LogP contribution in [-0.4, -0.2) is 41.3 Å². The largest absolute Gasteiger partial charge is 0.490 e. The van der Waals surface area contributed by atoms with Gasteiger partial charge in [0.1, 0.15) is 0 Å². The lowest BCUT2D eigenvalue weighted by molar-refractivity contribution is -0.192. The van der Waals surface area contributed by atoms with Gasteiger partial charge in [-0.15, -0.1) is 0 Å². The molecule has 0 unspecified atom stereocenters. The van der Waals surface area contributed by atoms with Gasteiger partial charge in [0.05, 0.1) is 0 Å². The molecular formula is C20H34F3NO2. The smallest absolute Gasteiger partial charge is 0.475 e. The molecule has 0 aromatic rings. The standard InChI is InChI=1S/C18H33N.C2HF3O2/c1-3-5-6-7-8-9-10-11-12-13-15-18-16-14-17-19(18)4-2;3-2(4,5)1(6)7/h9-12,18H,3-8,13-17H2,1-2H3;(H,6,7)/b10-9+,12-11+;/t18-;/m0./s1. The fraction of sp³-hybridized carbons (Fsp3) is 0.750. The number of rotatable bonds is 10. The number of aliphatic carboxylic acids is 1. The highest BCUT2D eigenvalue weighted by Gasteiger charge is 2.38. The van der Waals surface area contributed by atoms with E-state index in [0.717, 1.165) is 6.04 Å². The maximum Gasteiger partial charge on any atom is 0.490 e. The van der Waals surface area contributed by atoms with Crippen molar-refractivity contribution in [2.45, 2.75) is 83.9 Å². The molecule has 0 radical (unpaired) electrons. The first kappa shape index (κ1) is 24.7. The van der Waals surface area contributed by atoms with Crippen molar-refractivity contribution >= 4 is 5.97 Å². The van der Waals surface area contributed by atoms with Crippen molar-refractivity contribution in [3.05, 3.63) is 24.3 Å². The van der Waals surface area contributed by atoms with Gasteiger partial charge in [0.25, 0.3) is 0 Å². The Morgan fingerprint density at radius 2 is 1.73 bits per heavy atom. The highest BCUT2D eigenvalue weighted by Crippen LogP contribution is 2.20. The Morgan fingerprint density at radius 3 is 2.27 bits per heavy atom. The zero-order valence-corrected chi connectivity index (χ0v) is 16.1. The number of carboxylic acids is 1. The van der Waals surface area contributed by atoms with E-state index in [1.54, 1.807) is 0 Å². The molecule has 0 spiro atoms. The second kappa shape index (κ2) is 14.8. The van der Waals surface area contributed by atoms with E-state index in [9.17, 15) is 13.2 Å². The molecule has 6 heteroatoms. The van der Waals surface area contributed by atoms with Crippen molar-refractivity contribution in [3.63, 3.8) is 0 Å². The summed E-state index contributed by atoms with van der Waals surface area (Å²) < 4.78 is 31.7. The average molecular weight is 377 g/mol. The molecule has 0 aromatic heterocycles. The lowest BCUT2D eigenvalue weighted by atomic mass is 10.1. The molecule has 1 fully saturated rings. The van der Waals surface area contributed by atoms with Gasteiger partial charge in [-0.3, -0.25) is 0 Å². The first-order valence-corrected chi connectivity index (χ1v) is 9.68. The number of likely N-dealkylation sites (tertiary alicyclic amines) is 1. The number of hydrogen-bond acceptors (Lipinski definition) is 2. The summed E-state index contributed by atoms with van der Waals surface area (Å²) in [5, 5.41) is 7.12. The number of nitrogens with zero attached hydrogens (tertiary/aromatic N) is 1. The van der Waals surface area contributed by atoms with Gasteiger partial charge in [-0.1, -0.05) is 57.4 Å². The van der Waals surface area contributed by atoms with Gasteiger partial charge in [-0.25, -0.2) is 4.79 Å². The van der Waals surface area contributed by atoms with Crippen LogP contribution in [0.3, 0.4) is 0 Å². The van der Waals surface area contributed by atoms with Crippen molar-refractivity contribution in [2.75, 3.05) is 13.1 Å². The summed E-state index contributed by atoms with van der Waals surface area (Å²) in [4.78, 5) is 11.5. The van der Waals surface area contributed by atoms with Crippen LogP contribution >= 0.6 is 0 Å². The Morgan fingerprint density at radius 1 is 1.12 bits per heavy atom. The molecule has 1 aliphatic heterocycles. The molecule has 1 heterocycles. The Hall–Kier alpha value is -1.30. The zero-order valence-electron chi connectivity index (χ0n) is 16.1. The minimum Gasteiger partial charge on any atom is -0.475 e. The molecule has 0 bridgehead atoms. The molecule has 1 aliphatic rings. The van der Waals surface area contributed by atoms with Gasteiger partial charge < -0.3 is 10.0 Å². The van der Waals surface area contributed by atoms with Crippen LogP contribution in [0, 0.1) is 0 Å².